The molecule has 1 heterocycles. The van der Waals surface area contributed by atoms with Gasteiger partial charge in [0.2, 0.25) is 0 Å². The summed E-state index contributed by atoms with van der Waals surface area (Å²) < 4.78 is 5.38. The van der Waals surface area contributed by atoms with Crippen LogP contribution < -0.4 is 15.8 Å². The molecule has 1 aromatic rings. The summed E-state index contributed by atoms with van der Waals surface area (Å²) in [6.45, 7) is 3.06. The molecule has 0 bridgehead atoms. The average Bonchev–Trinajstić information content (AvgIpc) is 2.72. The van der Waals surface area contributed by atoms with Crippen molar-refractivity contribution in [3.63, 3.8) is 0 Å². The van der Waals surface area contributed by atoms with E-state index in [4.69, 9.17) is 10.5 Å². The summed E-state index contributed by atoms with van der Waals surface area (Å²) in [5.41, 5.74) is 7.35. The molecule has 1 atom stereocenters. The Morgan fingerprint density at radius 1 is 1.62 bits per heavy atom. The molecular formula is C12H16N2O2. The van der Waals surface area contributed by atoms with Crippen LogP contribution in [0.25, 0.3) is 0 Å². The highest BCUT2D eigenvalue weighted by molar-refractivity contribution is 5.94. The minimum absolute atomic E-state index is 0.0262. The normalized spacial score (nSPS) is 15.1. The Hall–Kier alpha value is -1.55. The molecule has 0 saturated carbocycles. The van der Waals surface area contributed by atoms with Gasteiger partial charge in [0.05, 0.1) is 6.61 Å². The summed E-state index contributed by atoms with van der Waals surface area (Å²) in [4.78, 5) is 11.7. The van der Waals surface area contributed by atoms with E-state index >= 15 is 0 Å². The van der Waals surface area contributed by atoms with Crippen molar-refractivity contribution >= 4 is 5.91 Å². The van der Waals surface area contributed by atoms with Crippen LogP contribution in [-0.2, 0) is 6.42 Å². The van der Waals surface area contributed by atoms with E-state index in [-0.39, 0.29) is 11.9 Å². The zero-order valence-corrected chi connectivity index (χ0v) is 9.32. The summed E-state index contributed by atoms with van der Waals surface area (Å²) in [6, 6.07) is 5.49. The van der Waals surface area contributed by atoms with Crippen molar-refractivity contribution < 1.29 is 9.53 Å². The van der Waals surface area contributed by atoms with Crippen LogP contribution >= 0.6 is 0 Å². The molecule has 1 aromatic carbocycles. The van der Waals surface area contributed by atoms with Crippen LogP contribution in [0.3, 0.4) is 0 Å². The number of carbonyl (C=O) groups is 1. The van der Waals surface area contributed by atoms with Gasteiger partial charge in [-0.05, 0) is 30.7 Å². The molecule has 1 aliphatic rings. The highest BCUT2D eigenvalue weighted by Gasteiger charge is 2.14. The molecule has 3 N–H and O–H groups in total. The second-order valence-corrected chi connectivity index (χ2v) is 4.11. The SMILES string of the molecule is CC(N)CNC(=O)c1ccc2c(c1)CCO2. The predicted octanol–water partition coefficient (Wildman–Crippen LogP) is 0.698. The van der Waals surface area contributed by atoms with Gasteiger partial charge in [-0.15, -0.1) is 0 Å². The zero-order chi connectivity index (χ0) is 11.5. The molecule has 4 heteroatoms. The number of nitrogens with one attached hydrogen (secondary N) is 1. The maximum Gasteiger partial charge on any atom is 0.251 e. The fraction of sp³-hybridized carbons (Fsp3) is 0.417. The van der Waals surface area contributed by atoms with Crippen LogP contribution in [0.5, 0.6) is 5.75 Å². The zero-order valence-electron chi connectivity index (χ0n) is 9.32. The Balaban J connectivity index is 2.06. The minimum atomic E-state index is -0.0769. The van der Waals surface area contributed by atoms with Crippen LogP contribution in [0, 0.1) is 0 Å². The molecule has 1 aliphatic heterocycles. The maximum atomic E-state index is 11.7. The number of ether oxygens (including phenoxy) is 1. The van der Waals surface area contributed by atoms with Crippen molar-refractivity contribution in [2.24, 2.45) is 5.73 Å². The first-order valence-electron chi connectivity index (χ1n) is 5.46. The summed E-state index contributed by atoms with van der Waals surface area (Å²) in [7, 11) is 0. The van der Waals surface area contributed by atoms with Crippen LogP contribution in [0.1, 0.15) is 22.8 Å². The molecule has 0 fully saturated rings. The topological polar surface area (TPSA) is 64.3 Å². The second-order valence-electron chi connectivity index (χ2n) is 4.11. The van der Waals surface area contributed by atoms with Crippen molar-refractivity contribution in [1.29, 1.82) is 0 Å². The fourth-order valence-corrected chi connectivity index (χ4v) is 1.68. The lowest BCUT2D eigenvalue weighted by Crippen LogP contribution is -2.35. The van der Waals surface area contributed by atoms with Crippen LogP contribution in [0.2, 0.25) is 0 Å². The number of hydrogen-bond donors (Lipinski definition) is 2. The van der Waals surface area contributed by atoms with E-state index < -0.39 is 0 Å². The van der Waals surface area contributed by atoms with Crippen molar-refractivity contribution in [1.82, 2.24) is 5.32 Å². The Labute approximate surface area is 94.8 Å². The minimum Gasteiger partial charge on any atom is -0.493 e. The molecule has 0 spiro atoms. The Bertz CT molecular complexity index is 402. The van der Waals surface area contributed by atoms with Crippen molar-refractivity contribution in [3.05, 3.63) is 29.3 Å². The van der Waals surface area contributed by atoms with E-state index in [0.29, 0.717) is 18.7 Å². The largest absolute Gasteiger partial charge is 0.493 e. The summed E-state index contributed by atoms with van der Waals surface area (Å²) >= 11 is 0. The number of nitrogens with two attached hydrogens (primary N) is 1. The molecule has 0 radical (unpaired) electrons. The van der Waals surface area contributed by atoms with Crippen LogP contribution in [0.15, 0.2) is 18.2 Å². The van der Waals surface area contributed by atoms with Gasteiger partial charge in [-0.1, -0.05) is 0 Å². The highest BCUT2D eigenvalue weighted by Crippen LogP contribution is 2.25. The molecule has 0 aliphatic carbocycles. The molecule has 16 heavy (non-hydrogen) atoms. The van der Waals surface area contributed by atoms with Gasteiger partial charge in [0.15, 0.2) is 0 Å². The van der Waals surface area contributed by atoms with E-state index in [1.54, 1.807) is 6.07 Å². The van der Waals surface area contributed by atoms with Gasteiger partial charge in [-0.2, -0.15) is 0 Å². The summed E-state index contributed by atoms with van der Waals surface area (Å²) in [5.74, 6) is 0.816. The highest BCUT2D eigenvalue weighted by atomic mass is 16.5. The van der Waals surface area contributed by atoms with Gasteiger partial charge in [-0.3, -0.25) is 4.79 Å². The summed E-state index contributed by atoms with van der Waals surface area (Å²) in [5, 5.41) is 2.78. The molecule has 2 rings (SSSR count). The second kappa shape index (κ2) is 4.53. The number of rotatable bonds is 3. The fourth-order valence-electron chi connectivity index (χ4n) is 1.68. The lowest BCUT2D eigenvalue weighted by molar-refractivity contribution is 0.0951. The van der Waals surface area contributed by atoms with Gasteiger partial charge < -0.3 is 15.8 Å². The Morgan fingerprint density at radius 3 is 3.19 bits per heavy atom. The van der Waals surface area contributed by atoms with E-state index in [9.17, 15) is 4.79 Å². The first-order valence-corrected chi connectivity index (χ1v) is 5.46. The van der Waals surface area contributed by atoms with E-state index in [0.717, 1.165) is 17.7 Å². The average molecular weight is 220 g/mol. The van der Waals surface area contributed by atoms with Crippen LogP contribution in [-0.4, -0.2) is 25.1 Å². The summed E-state index contributed by atoms with van der Waals surface area (Å²) in [6.07, 6.45) is 0.879. The molecule has 4 nitrogen and oxygen atoms in total. The monoisotopic (exact) mass is 220 g/mol. The Morgan fingerprint density at radius 2 is 2.44 bits per heavy atom. The van der Waals surface area contributed by atoms with E-state index in [2.05, 4.69) is 5.32 Å². The van der Waals surface area contributed by atoms with Gasteiger partial charge in [0.1, 0.15) is 5.75 Å². The third kappa shape index (κ3) is 2.33. The van der Waals surface area contributed by atoms with Crippen LogP contribution in [0.4, 0.5) is 0 Å². The third-order valence-corrected chi connectivity index (χ3v) is 2.54. The molecule has 0 saturated heterocycles. The molecular weight excluding hydrogens is 204 g/mol. The number of carbonyl (C=O) groups excluding carboxylic acids is 1. The predicted molar refractivity (Wildman–Crippen MR) is 61.6 cm³/mol. The molecule has 1 unspecified atom stereocenters. The van der Waals surface area contributed by atoms with Crippen molar-refractivity contribution in [2.75, 3.05) is 13.2 Å². The van der Waals surface area contributed by atoms with Gasteiger partial charge >= 0.3 is 0 Å². The van der Waals surface area contributed by atoms with Crippen molar-refractivity contribution in [3.8, 4) is 5.75 Å². The van der Waals surface area contributed by atoms with Gasteiger partial charge in [-0.25, -0.2) is 0 Å². The number of benzene rings is 1. The standard InChI is InChI=1S/C12H16N2O2/c1-8(13)7-14-12(15)10-2-3-11-9(6-10)4-5-16-11/h2-3,6,8H,4-5,7,13H2,1H3,(H,14,15). The third-order valence-electron chi connectivity index (χ3n) is 2.54. The van der Waals surface area contributed by atoms with Gasteiger partial charge in [0, 0.05) is 24.6 Å². The number of amides is 1. The maximum absolute atomic E-state index is 11.7. The lowest BCUT2D eigenvalue weighted by atomic mass is 10.1. The quantitative estimate of drug-likeness (QED) is 0.788. The first-order chi connectivity index (χ1) is 7.66. The van der Waals surface area contributed by atoms with Crippen molar-refractivity contribution in [2.45, 2.75) is 19.4 Å². The molecule has 86 valence electrons. The number of fused-ring (bicyclic) bond motifs is 1. The smallest absolute Gasteiger partial charge is 0.251 e. The van der Waals surface area contributed by atoms with E-state index in [1.165, 1.54) is 0 Å². The first kappa shape index (κ1) is 11.0. The Kier molecular flexibility index (Phi) is 3.10. The molecule has 1 amide bonds. The van der Waals surface area contributed by atoms with E-state index in [1.807, 2.05) is 19.1 Å². The van der Waals surface area contributed by atoms with Gasteiger partial charge in [0.25, 0.3) is 5.91 Å². The molecule has 0 aromatic heterocycles. The lowest BCUT2D eigenvalue weighted by Gasteiger charge is -2.08. The number of hydrogen-bond acceptors (Lipinski definition) is 3.